The van der Waals surface area contributed by atoms with Gasteiger partial charge in [-0.25, -0.2) is 0 Å². The Labute approximate surface area is 116 Å². The number of nitrogens with one attached hydrogen (secondary N) is 1. The van der Waals surface area contributed by atoms with E-state index in [2.05, 4.69) is 12.2 Å². The van der Waals surface area contributed by atoms with E-state index in [1.54, 1.807) is 19.2 Å². The van der Waals surface area contributed by atoms with E-state index in [1.807, 2.05) is 6.07 Å². The van der Waals surface area contributed by atoms with Crippen LogP contribution in [0.25, 0.3) is 0 Å². The lowest BCUT2D eigenvalue weighted by Crippen LogP contribution is -2.25. The maximum absolute atomic E-state index is 9.81. The first kappa shape index (κ1) is 14.2. The van der Waals surface area contributed by atoms with Crippen LogP contribution in [-0.4, -0.2) is 18.8 Å². The van der Waals surface area contributed by atoms with Crippen molar-refractivity contribution >= 4 is 0 Å². The summed E-state index contributed by atoms with van der Waals surface area (Å²) in [4.78, 5) is 0. The highest BCUT2D eigenvalue weighted by molar-refractivity contribution is 5.39. The van der Waals surface area contributed by atoms with E-state index in [9.17, 15) is 5.11 Å². The molecule has 3 nitrogen and oxygen atoms in total. The van der Waals surface area contributed by atoms with Crippen LogP contribution >= 0.6 is 0 Å². The molecule has 1 aliphatic carbocycles. The molecule has 1 aromatic rings. The van der Waals surface area contributed by atoms with Gasteiger partial charge in [0, 0.05) is 12.1 Å². The number of hydrogen-bond donors (Lipinski definition) is 2. The average molecular weight is 263 g/mol. The van der Waals surface area contributed by atoms with E-state index >= 15 is 0 Å². The van der Waals surface area contributed by atoms with Crippen molar-refractivity contribution in [3.63, 3.8) is 0 Å². The first-order chi connectivity index (χ1) is 9.19. The summed E-state index contributed by atoms with van der Waals surface area (Å²) in [7, 11) is 1.65. The number of aromatic hydroxyl groups is 1. The molecule has 19 heavy (non-hydrogen) atoms. The van der Waals surface area contributed by atoms with Gasteiger partial charge in [-0.2, -0.15) is 0 Å². The fourth-order valence-electron chi connectivity index (χ4n) is 2.77. The zero-order valence-electron chi connectivity index (χ0n) is 12.0. The van der Waals surface area contributed by atoms with Gasteiger partial charge in [0.25, 0.3) is 0 Å². The number of phenols is 1. The predicted molar refractivity (Wildman–Crippen MR) is 77.5 cm³/mol. The van der Waals surface area contributed by atoms with E-state index in [4.69, 9.17) is 4.74 Å². The summed E-state index contributed by atoms with van der Waals surface area (Å²) in [6, 6.07) is 5.37. The molecule has 0 atom stereocenters. The molecule has 0 aliphatic heterocycles. The molecule has 1 aromatic carbocycles. The fraction of sp³-hybridized carbons (Fsp3) is 0.625. The van der Waals surface area contributed by atoms with Gasteiger partial charge in [0.05, 0.1) is 7.11 Å². The van der Waals surface area contributed by atoms with Gasteiger partial charge < -0.3 is 15.2 Å². The molecular weight excluding hydrogens is 238 g/mol. The molecule has 0 heterocycles. The van der Waals surface area contributed by atoms with Crippen molar-refractivity contribution in [1.29, 1.82) is 0 Å². The highest BCUT2D eigenvalue weighted by atomic mass is 16.5. The molecule has 2 N–H and O–H groups in total. The van der Waals surface area contributed by atoms with Gasteiger partial charge in [0.15, 0.2) is 0 Å². The molecule has 1 fully saturated rings. The monoisotopic (exact) mass is 263 g/mol. The quantitative estimate of drug-likeness (QED) is 0.856. The molecule has 3 heteroatoms. The Morgan fingerprint density at radius 2 is 2.00 bits per heavy atom. The SMILES string of the molecule is COc1ccc(O)c(CNCC2CCC(C)CC2)c1. The van der Waals surface area contributed by atoms with Crippen molar-refractivity contribution in [3.8, 4) is 11.5 Å². The molecule has 2 rings (SSSR count). The lowest BCUT2D eigenvalue weighted by atomic mass is 9.83. The molecule has 0 aromatic heterocycles. The van der Waals surface area contributed by atoms with Gasteiger partial charge in [-0.05, 0) is 49.4 Å². The highest BCUT2D eigenvalue weighted by Crippen LogP contribution is 2.28. The Bertz CT molecular complexity index is 398. The number of hydrogen-bond acceptors (Lipinski definition) is 3. The van der Waals surface area contributed by atoms with Crippen molar-refractivity contribution in [2.75, 3.05) is 13.7 Å². The molecule has 1 saturated carbocycles. The van der Waals surface area contributed by atoms with Crippen molar-refractivity contribution in [3.05, 3.63) is 23.8 Å². The van der Waals surface area contributed by atoms with Crippen LogP contribution in [0.1, 0.15) is 38.2 Å². The normalized spacial score (nSPS) is 23.3. The molecule has 0 bridgehead atoms. The highest BCUT2D eigenvalue weighted by Gasteiger charge is 2.17. The fourth-order valence-corrected chi connectivity index (χ4v) is 2.77. The second kappa shape index (κ2) is 6.80. The molecule has 106 valence electrons. The van der Waals surface area contributed by atoms with Gasteiger partial charge in [-0.3, -0.25) is 0 Å². The Kier molecular flexibility index (Phi) is 5.08. The van der Waals surface area contributed by atoms with E-state index in [1.165, 1.54) is 25.7 Å². The maximum atomic E-state index is 9.81. The largest absolute Gasteiger partial charge is 0.508 e. The van der Waals surface area contributed by atoms with Crippen LogP contribution in [0, 0.1) is 11.8 Å². The Hall–Kier alpha value is -1.22. The minimum atomic E-state index is 0.338. The first-order valence-electron chi connectivity index (χ1n) is 7.25. The molecule has 0 saturated heterocycles. The van der Waals surface area contributed by atoms with Crippen LogP contribution in [0.3, 0.4) is 0 Å². The Balaban J connectivity index is 1.79. The standard InChI is InChI=1S/C16H25NO2/c1-12-3-5-13(6-4-12)10-17-11-14-9-15(19-2)7-8-16(14)18/h7-9,12-13,17-18H,3-6,10-11H2,1-2H3. The summed E-state index contributed by atoms with van der Waals surface area (Å²) in [5.41, 5.74) is 0.906. The van der Waals surface area contributed by atoms with E-state index in [-0.39, 0.29) is 0 Å². The third-order valence-corrected chi connectivity index (χ3v) is 4.17. The third kappa shape index (κ3) is 4.13. The lowest BCUT2D eigenvalue weighted by Gasteiger charge is -2.26. The number of methoxy groups -OCH3 is 1. The Morgan fingerprint density at radius 3 is 2.68 bits per heavy atom. The third-order valence-electron chi connectivity index (χ3n) is 4.17. The van der Waals surface area contributed by atoms with Crippen LogP contribution in [0.5, 0.6) is 11.5 Å². The van der Waals surface area contributed by atoms with Crippen molar-refractivity contribution < 1.29 is 9.84 Å². The Morgan fingerprint density at radius 1 is 1.26 bits per heavy atom. The second-order valence-electron chi connectivity index (χ2n) is 5.75. The van der Waals surface area contributed by atoms with Crippen molar-refractivity contribution in [2.24, 2.45) is 11.8 Å². The summed E-state index contributed by atoms with van der Waals surface area (Å²) in [5.74, 6) is 2.83. The summed E-state index contributed by atoms with van der Waals surface area (Å²) in [5, 5.41) is 13.3. The molecule has 0 amide bonds. The topological polar surface area (TPSA) is 41.5 Å². The van der Waals surface area contributed by atoms with Crippen LogP contribution in [0.4, 0.5) is 0 Å². The zero-order valence-corrected chi connectivity index (χ0v) is 12.0. The lowest BCUT2D eigenvalue weighted by molar-refractivity contribution is 0.281. The van der Waals surface area contributed by atoms with Gasteiger partial charge in [-0.15, -0.1) is 0 Å². The zero-order chi connectivity index (χ0) is 13.7. The molecule has 0 spiro atoms. The van der Waals surface area contributed by atoms with Gasteiger partial charge in [0.2, 0.25) is 0 Å². The number of phenolic OH excluding ortho intramolecular Hbond substituents is 1. The molecular formula is C16H25NO2. The van der Waals surface area contributed by atoms with E-state index in [0.717, 1.165) is 29.7 Å². The molecule has 1 aliphatic rings. The minimum absolute atomic E-state index is 0.338. The van der Waals surface area contributed by atoms with E-state index in [0.29, 0.717) is 12.3 Å². The maximum Gasteiger partial charge on any atom is 0.120 e. The van der Waals surface area contributed by atoms with Crippen LogP contribution in [0.15, 0.2) is 18.2 Å². The summed E-state index contributed by atoms with van der Waals surface area (Å²) in [6.45, 7) is 4.09. The van der Waals surface area contributed by atoms with Crippen molar-refractivity contribution in [2.45, 2.75) is 39.2 Å². The number of rotatable bonds is 5. The predicted octanol–water partition coefficient (Wildman–Crippen LogP) is 3.32. The molecule has 0 unspecified atom stereocenters. The van der Waals surface area contributed by atoms with Gasteiger partial charge >= 0.3 is 0 Å². The van der Waals surface area contributed by atoms with Gasteiger partial charge in [0.1, 0.15) is 11.5 Å². The molecule has 0 radical (unpaired) electrons. The van der Waals surface area contributed by atoms with Crippen molar-refractivity contribution in [1.82, 2.24) is 5.32 Å². The number of benzene rings is 1. The van der Waals surface area contributed by atoms with E-state index < -0.39 is 0 Å². The van der Waals surface area contributed by atoms with Crippen LogP contribution < -0.4 is 10.1 Å². The van der Waals surface area contributed by atoms with Crippen LogP contribution in [-0.2, 0) is 6.54 Å². The smallest absolute Gasteiger partial charge is 0.120 e. The number of ether oxygens (including phenoxy) is 1. The second-order valence-corrected chi connectivity index (χ2v) is 5.75. The summed E-state index contributed by atoms with van der Waals surface area (Å²) in [6.07, 6.45) is 5.38. The van der Waals surface area contributed by atoms with Crippen LogP contribution in [0.2, 0.25) is 0 Å². The van der Waals surface area contributed by atoms with Gasteiger partial charge in [-0.1, -0.05) is 19.8 Å². The summed E-state index contributed by atoms with van der Waals surface area (Å²) >= 11 is 0. The first-order valence-corrected chi connectivity index (χ1v) is 7.25. The minimum Gasteiger partial charge on any atom is -0.508 e. The average Bonchev–Trinajstić information content (AvgIpc) is 2.43. The summed E-state index contributed by atoms with van der Waals surface area (Å²) < 4.78 is 5.18.